The Kier molecular flexibility index (Phi) is 6.09. The number of nitrogens with zero attached hydrogens (tertiary/aromatic N) is 1. The van der Waals surface area contributed by atoms with Gasteiger partial charge in [-0.25, -0.2) is 0 Å². The minimum absolute atomic E-state index is 0.431. The van der Waals surface area contributed by atoms with E-state index in [0.717, 1.165) is 36.5 Å². The molecule has 1 atom stereocenters. The van der Waals surface area contributed by atoms with Crippen molar-refractivity contribution in [3.8, 4) is 5.75 Å². The third kappa shape index (κ3) is 4.10. The number of methoxy groups -OCH3 is 1. The molecular weight excluding hydrogens is 256 g/mol. The number of benzene rings is 1. The number of nitrogens with two attached hydrogens (primary N) is 1. The highest BCUT2D eigenvalue weighted by atomic mass is 32.1. The summed E-state index contributed by atoms with van der Waals surface area (Å²) in [6.07, 6.45) is 1.16. The van der Waals surface area contributed by atoms with Gasteiger partial charge in [-0.1, -0.05) is 32.5 Å². The first-order valence-electron chi connectivity index (χ1n) is 6.76. The van der Waals surface area contributed by atoms with Crippen LogP contribution in [0.15, 0.2) is 18.2 Å². The normalized spacial score (nSPS) is 12.0. The summed E-state index contributed by atoms with van der Waals surface area (Å²) in [6.45, 7) is 8.52. The highest BCUT2D eigenvalue weighted by molar-refractivity contribution is 7.80. The Labute approximate surface area is 121 Å². The molecule has 0 saturated carbocycles. The number of hydrogen-bond donors (Lipinski definition) is 1. The molecule has 19 heavy (non-hydrogen) atoms. The van der Waals surface area contributed by atoms with Crippen molar-refractivity contribution < 1.29 is 4.74 Å². The zero-order chi connectivity index (χ0) is 14.4. The lowest BCUT2D eigenvalue weighted by Crippen LogP contribution is -2.30. The summed E-state index contributed by atoms with van der Waals surface area (Å²) in [6, 6.07) is 5.85. The average molecular weight is 280 g/mol. The molecule has 0 saturated heterocycles. The van der Waals surface area contributed by atoms with Gasteiger partial charge in [-0.15, -0.1) is 0 Å². The zero-order valence-corrected chi connectivity index (χ0v) is 13.1. The summed E-state index contributed by atoms with van der Waals surface area (Å²) in [5, 5.41) is 0. The van der Waals surface area contributed by atoms with E-state index in [1.807, 2.05) is 18.2 Å². The first-order valence-corrected chi connectivity index (χ1v) is 7.17. The predicted octanol–water partition coefficient (Wildman–Crippen LogP) is 3.20. The SMILES string of the molecule is CCC(C)CN(CC)c1cc(OC)ccc1C(N)=S. The van der Waals surface area contributed by atoms with Gasteiger partial charge < -0.3 is 15.4 Å². The van der Waals surface area contributed by atoms with Gasteiger partial charge in [0.25, 0.3) is 0 Å². The Morgan fingerprint density at radius 2 is 2.11 bits per heavy atom. The van der Waals surface area contributed by atoms with E-state index in [9.17, 15) is 0 Å². The van der Waals surface area contributed by atoms with E-state index >= 15 is 0 Å². The number of hydrogen-bond acceptors (Lipinski definition) is 3. The molecular formula is C15H24N2OS. The fraction of sp³-hybridized carbons (Fsp3) is 0.533. The van der Waals surface area contributed by atoms with E-state index in [0.29, 0.717) is 10.9 Å². The maximum absolute atomic E-state index is 5.83. The van der Waals surface area contributed by atoms with E-state index in [1.54, 1.807) is 7.11 Å². The molecule has 0 aliphatic carbocycles. The summed E-state index contributed by atoms with van der Waals surface area (Å²) in [5.74, 6) is 1.46. The van der Waals surface area contributed by atoms with Crippen LogP contribution in [0.4, 0.5) is 5.69 Å². The zero-order valence-electron chi connectivity index (χ0n) is 12.3. The van der Waals surface area contributed by atoms with Gasteiger partial charge >= 0.3 is 0 Å². The highest BCUT2D eigenvalue weighted by Gasteiger charge is 2.15. The molecule has 0 aliphatic heterocycles. The van der Waals surface area contributed by atoms with Crippen LogP contribution in [0.2, 0.25) is 0 Å². The van der Waals surface area contributed by atoms with Crippen molar-refractivity contribution in [2.45, 2.75) is 27.2 Å². The number of anilines is 1. The first-order chi connectivity index (χ1) is 9.03. The minimum atomic E-state index is 0.431. The summed E-state index contributed by atoms with van der Waals surface area (Å²) >= 11 is 5.15. The second kappa shape index (κ2) is 7.34. The van der Waals surface area contributed by atoms with Gasteiger partial charge in [0.2, 0.25) is 0 Å². The van der Waals surface area contributed by atoms with Crippen LogP contribution in [0.5, 0.6) is 5.75 Å². The molecule has 4 heteroatoms. The predicted molar refractivity (Wildman–Crippen MR) is 86.2 cm³/mol. The van der Waals surface area contributed by atoms with E-state index in [-0.39, 0.29) is 0 Å². The van der Waals surface area contributed by atoms with Crippen LogP contribution in [0, 0.1) is 5.92 Å². The maximum atomic E-state index is 5.83. The minimum Gasteiger partial charge on any atom is -0.497 e. The molecule has 0 fully saturated rings. The highest BCUT2D eigenvalue weighted by Crippen LogP contribution is 2.27. The lowest BCUT2D eigenvalue weighted by molar-refractivity contribution is 0.414. The van der Waals surface area contributed by atoms with Crippen molar-refractivity contribution in [1.29, 1.82) is 0 Å². The molecule has 0 spiro atoms. The average Bonchev–Trinajstić information content (AvgIpc) is 2.43. The van der Waals surface area contributed by atoms with Gasteiger partial charge in [0.15, 0.2) is 0 Å². The van der Waals surface area contributed by atoms with Crippen LogP contribution in [0.1, 0.15) is 32.8 Å². The lowest BCUT2D eigenvalue weighted by atomic mass is 10.1. The summed E-state index contributed by atoms with van der Waals surface area (Å²) in [4.78, 5) is 2.74. The van der Waals surface area contributed by atoms with Crippen molar-refractivity contribution in [3.63, 3.8) is 0 Å². The third-order valence-electron chi connectivity index (χ3n) is 3.42. The van der Waals surface area contributed by atoms with Crippen LogP contribution in [0.3, 0.4) is 0 Å². The Balaban J connectivity index is 3.15. The van der Waals surface area contributed by atoms with Crippen LogP contribution < -0.4 is 15.4 Å². The number of rotatable bonds is 7. The first kappa shape index (κ1) is 15.8. The second-order valence-electron chi connectivity index (χ2n) is 4.80. The van der Waals surface area contributed by atoms with Crippen LogP contribution >= 0.6 is 12.2 Å². The van der Waals surface area contributed by atoms with E-state index in [4.69, 9.17) is 22.7 Å². The maximum Gasteiger partial charge on any atom is 0.120 e. The molecule has 2 N–H and O–H groups in total. The molecule has 0 aromatic heterocycles. The fourth-order valence-corrected chi connectivity index (χ4v) is 2.18. The molecule has 0 amide bonds. The summed E-state index contributed by atoms with van der Waals surface area (Å²) < 4.78 is 5.30. The van der Waals surface area contributed by atoms with Crippen LogP contribution in [-0.4, -0.2) is 25.2 Å². The Bertz CT molecular complexity index is 434. The van der Waals surface area contributed by atoms with Crippen molar-refractivity contribution in [1.82, 2.24) is 0 Å². The van der Waals surface area contributed by atoms with E-state index in [1.165, 1.54) is 0 Å². The standard InChI is InChI=1S/C15H24N2OS/c1-5-11(3)10-17(6-2)14-9-12(18-4)7-8-13(14)15(16)19/h7-9,11H,5-6,10H2,1-4H3,(H2,16,19). The molecule has 1 rings (SSSR count). The second-order valence-corrected chi connectivity index (χ2v) is 5.24. The molecule has 0 radical (unpaired) electrons. The van der Waals surface area contributed by atoms with Crippen molar-refractivity contribution in [2.75, 3.05) is 25.1 Å². The summed E-state index contributed by atoms with van der Waals surface area (Å²) in [7, 11) is 1.67. The van der Waals surface area contributed by atoms with Gasteiger partial charge in [-0.3, -0.25) is 0 Å². The Morgan fingerprint density at radius 3 is 2.58 bits per heavy atom. The van der Waals surface area contributed by atoms with E-state index in [2.05, 4.69) is 25.7 Å². The lowest BCUT2D eigenvalue weighted by Gasteiger charge is -2.28. The molecule has 0 aliphatic rings. The molecule has 0 bridgehead atoms. The number of ether oxygens (including phenoxy) is 1. The smallest absolute Gasteiger partial charge is 0.120 e. The fourth-order valence-electron chi connectivity index (χ4n) is 2.01. The van der Waals surface area contributed by atoms with Gasteiger partial charge in [0, 0.05) is 24.7 Å². The van der Waals surface area contributed by atoms with Gasteiger partial charge in [0.05, 0.1) is 12.8 Å². The van der Waals surface area contributed by atoms with Gasteiger partial charge in [-0.05, 0) is 25.0 Å². The largest absolute Gasteiger partial charge is 0.497 e. The van der Waals surface area contributed by atoms with Crippen molar-refractivity contribution >= 4 is 22.9 Å². The molecule has 106 valence electrons. The van der Waals surface area contributed by atoms with Crippen molar-refractivity contribution in [2.24, 2.45) is 11.7 Å². The van der Waals surface area contributed by atoms with Crippen LogP contribution in [-0.2, 0) is 0 Å². The molecule has 1 unspecified atom stereocenters. The summed E-state index contributed by atoms with van der Waals surface area (Å²) in [5.41, 5.74) is 7.81. The molecule has 3 nitrogen and oxygen atoms in total. The molecule has 1 aromatic rings. The van der Waals surface area contributed by atoms with Crippen molar-refractivity contribution in [3.05, 3.63) is 23.8 Å². The molecule has 1 aromatic carbocycles. The Morgan fingerprint density at radius 1 is 1.42 bits per heavy atom. The quantitative estimate of drug-likeness (QED) is 0.778. The van der Waals surface area contributed by atoms with Crippen LogP contribution in [0.25, 0.3) is 0 Å². The topological polar surface area (TPSA) is 38.5 Å². The monoisotopic (exact) mass is 280 g/mol. The molecule has 0 heterocycles. The number of thiocarbonyl (C=S) groups is 1. The third-order valence-corrected chi connectivity index (χ3v) is 3.64. The van der Waals surface area contributed by atoms with E-state index < -0.39 is 0 Å². The van der Waals surface area contributed by atoms with Gasteiger partial charge in [0.1, 0.15) is 10.7 Å². The van der Waals surface area contributed by atoms with Gasteiger partial charge in [-0.2, -0.15) is 0 Å². The Hall–Kier alpha value is -1.29.